The van der Waals surface area contributed by atoms with Gasteiger partial charge in [0.05, 0.1) is 17.9 Å². The van der Waals surface area contributed by atoms with Crippen LogP contribution < -0.4 is 0 Å². The van der Waals surface area contributed by atoms with Gasteiger partial charge in [0.2, 0.25) is 5.91 Å². The lowest BCUT2D eigenvalue weighted by atomic mass is 9.74. The summed E-state index contributed by atoms with van der Waals surface area (Å²) in [5.74, 6) is -3.64. The summed E-state index contributed by atoms with van der Waals surface area (Å²) in [6.45, 7) is 5.50. The first-order valence-electron chi connectivity index (χ1n) is 8.74. The summed E-state index contributed by atoms with van der Waals surface area (Å²) in [4.78, 5) is 37.9. The van der Waals surface area contributed by atoms with E-state index in [1.165, 1.54) is 11.0 Å². The number of rotatable bonds is 7. The van der Waals surface area contributed by atoms with Crippen molar-refractivity contribution in [2.45, 2.75) is 31.9 Å². The molecule has 0 bridgehead atoms. The van der Waals surface area contributed by atoms with E-state index in [2.05, 4.69) is 6.58 Å². The number of β-lactam (4-membered cyclic amide) rings is 1. The van der Waals surface area contributed by atoms with Gasteiger partial charge in [0.15, 0.2) is 0 Å². The Balaban J connectivity index is 1.89. The molecule has 0 aromatic heterocycles. The van der Waals surface area contributed by atoms with Crippen LogP contribution in [0.15, 0.2) is 23.9 Å². The molecule has 0 aromatic carbocycles. The molecule has 26 heavy (non-hydrogen) atoms. The Morgan fingerprint density at radius 3 is 2.85 bits per heavy atom. The molecule has 2 N–H and O–H groups in total. The maximum atomic E-state index is 12.7. The Kier molecular flexibility index (Phi) is 5.15. The molecule has 1 unspecified atom stereocenters. The lowest BCUT2D eigenvalue weighted by Crippen LogP contribution is -2.65. The highest BCUT2D eigenvalue weighted by molar-refractivity contribution is 6.01. The highest BCUT2D eigenvalue weighted by Crippen LogP contribution is 2.51. The average Bonchev–Trinajstić information content (AvgIpc) is 2.92. The molecule has 8 nitrogen and oxygen atoms in total. The number of aliphatic hydroxyl groups is 1. The van der Waals surface area contributed by atoms with Gasteiger partial charge in [-0.25, -0.2) is 4.79 Å². The van der Waals surface area contributed by atoms with E-state index in [0.29, 0.717) is 25.0 Å². The molecule has 2 fully saturated rings. The second-order valence-electron chi connectivity index (χ2n) is 6.83. The van der Waals surface area contributed by atoms with Crippen LogP contribution in [0.3, 0.4) is 0 Å². The predicted molar refractivity (Wildman–Crippen MR) is 88.7 cm³/mol. The number of ether oxygens (including phenoxy) is 2. The number of hydrogen-bond acceptors (Lipinski definition) is 6. The van der Waals surface area contributed by atoms with Gasteiger partial charge >= 0.3 is 11.9 Å². The van der Waals surface area contributed by atoms with Crippen molar-refractivity contribution < 1.29 is 34.1 Å². The summed E-state index contributed by atoms with van der Waals surface area (Å²) >= 11 is 0. The van der Waals surface area contributed by atoms with Gasteiger partial charge in [-0.2, -0.15) is 0 Å². The second kappa shape index (κ2) is 7.20. The van der Waals surface area contributed by atoms with Crippen molar-refractivity contribution in [2.24, 2.45) is 17.8 Å². The van der Waals surface area contributed by atoms with E-state index in [4.69, 9.17) is 9.47 Å². The number of nitrogens with zero attached hydrogens (tertiary/aromatic N) is 1. The topological polar surface area (TPSA) is 113 Å². The molecule has 1 amide bonds. The SMILES string of the molecule is C=CCOC(=O)[C@H](C)[C@@H]1C(=O)N2C(C(=O)O)=C3[C@H](CCO)CCO[C@@H]3C12. The van der Waals surface area contributed by atoms with Crippen LogP contribution >= 0.6 is 0 Å². The fourth-order valence-corrected chi connectivity index (χ4v) is 4.29. The van der Waals surface area contributed by atoms with E-state index >= 15 is 0 Å². The van der Waals surface area contributed by atoms with E-state index in [-0.39, 0.29) is 24.8 Å². The summed E-state index contributed by atoms with van der Waals surface area (Å²) in [6.07, 6.45) is 1.91. The van der Waals surface area contributed by atoms with Crippen LogP contribution in [0, 0.1) is 17.8 Å². The van der Waals surface area contributed by atoms with Gasteiger partial charge in [-0.05, 0) is 24.3 Å². The molecule has 3 rings (SSSR count). The van der Waals surface area contributed by atoms with E-state index in [0.717, 1.165) is 0 Å². The summed E-state index contributed by atoms with van der Waals surface area (Å²) in [6, 6.07) is -0.517. The molecule has 0 radical (unpaired) electrons. The van der Waals surface area contributed by atoms with Crippen LogP contribution in [0.25, 0.3) is 0 Å². The monoisotopic (exact) mass is 365 g/mol. The first-order valence-corrected chi connectivity index (χ1v) is 8.74. The van der Waals surface area contributed by atoms with E-state index in [9.17, 15) is 24.6 Å². The number of aliphatic carboxylic acids is 1. The summed E-state index contributed by atoms with van der Waals surface area (Å²) in [5.41, 5.74) is 0.511. The molecule has 0 aliphatic carbocycles. The number of aliphatic hydroxyl groups excluding tert-OH is 1. The van der Waals surface area contributed by atoms with Crippen LogP contribution in [0.1, 0.15) is 19.8 Å². The molecule has 0 spiro atoms. The van der Waals surface area contributed by atoms with Crippen molar-refractivity contribution in [3.8, 4) is 0 Å². The van der Waals surface area contributed by atoms with E-state index < -0.39 is 41.8 Å². The second-order valence-corrected chi connectivity index (χ2v) is 6.83. The maximum absolute atomic E-state index is 12.7. The first-order chi connectivity index (χ1) is 12.4. The minimum absolute atomic E-state index is 0.0499. The minimum Gasteiger partial charge on any atom is -0.477 e. The molecule has 3 aliphatic heterocycles. The van der Waals surface area contributed by atoms with Crippen molar-refractivity contribution in [3.05, 3.63) is 23.9 Å². The Morgan fingerprint density at radius 2 is 2.23 bits per heavy atom. The van der Waals surface area contributed by atoms with Crippen LogP contribution in [-0.4, -0.2) is 64.9 Å². The summed E-state index contributed by atoms with van der Waals surface area (Å²) < 4.78 is 10.9. The number of amides is 1. The Hall–Kier alpha value is -2.19. The molecule has 8 heteroatoms. The highest BCUT2D eigenvalue weighted by Gasteiger charge is 2.64. The first kappa shape index (κ1) is 18.6. The predicted octanol–water partition coefficient (Wildman–Crippen LogP) is 0.319. The maximum Gasteiger partial charge on any atom is 0.352 e. The number of carbonyl (C=O) groups excluding carboxylic acids is 2. The molecular formula is C18H23NO7. The highest BCUT2D eigenvalue weighted by atomic mass is 16.5. The lowest BCUT2D eigenvalue weighted by molar-refractivity contribution is -0.172. The van der Waals surface area contributed by atoms with Gasteiger partial charge in [0, 0.05) is 13.2 Å². The van der Waals surface area contributed by atoms with Gasteiger partial charge in [0.25, 0.3) is 0 Å². The third kappa shape index (κ3) is 2.73. The number of fused-ring (bicyclic) bond motifs is 3. The number of carboxylic acids is 1. The van der Waals surface area contributed by atoms with Gasteiger partial charge in [-0.15, -0.1) is 0 Å². The zero-order chi connectivity index (χ0) is 19.0. The van der Waals surface area contributed by atoms with Gasteiger partial charge in [-0.3, -0.25) is 14.5 Å². The van der Waals surface area contributed by atoms with Crippen molar-refractivity contribution in [2.75, 3.05) is 19.8 Å². The zero-order valence-corrected chi connectivity index (χ0v) is 14.6. The van der Waals surface area contributed by atoms with Crippen LogP contribution in [-0.2, 0) is 23.9 Å². The largest absolute Gasteiger partial charge is 0.477 e. The van der Waals surface area contributed by atoms with E-state index in [1.54, 1.807) is 6.92 Å². The fourth-order valence-electron chi connectivity index (χ4n) is 4.29. The molecule has 3 aliphatic rings. The number of hydrogen-bond donors (Lipinski definition) is 2. The average molecular weight is 365 g/mol. The number of carboxylic acid groups (broad SMARTS) is 1. The fraction of sp³-hybridized carbons (Fsp3) is 0.611. The number of carbonyl (C=O) groups is 3. The summed E-state index contributed by atoms with van der Waals surface area (Å²) in [7, 11) is 0. The molecule has 0 saturated carbocycles. The molecule has 3 heterocycles. The van der Waals surface area contributed by atoms with Crippen LogP contribution in [0.4, 0.5) is 0 Å². The zero-order valence-electron chi connectivity index (χ0n) is 14.6. The van der Waals surface area contributed by atoms with Gasteiger partial charge in [0.1, 0.15) is 18.4 Å². The standard InChI is InChI=1S/C18H23NO7/c1-3-7-26-18(24)9(2)11-13-15-12(10(4-6-20)5-8-25-15)14(17(22)23)19(13)16(11)21/h3,9-11,13,15,20H,1,4-8H2,2H3,(H,22,23)/t9-,10-,11+,13?,15+/m1/s1. The molecular weight excluding hydrogens is 342 g/mol. The Morgan fingerprint density at radius 1 is 1.50 bits per heavy atom. The third-order valence-electron chi connectivity index (χ3n) is 5.46. The summed E-state index contributed by atoms with van der Waals surface area (Å²) in [5, 5.41) is 19.0. The normalized spacial score (nSPS) is 31.0. The molecule has 2 saturated heterocycles. The van der Waals surface area contributed by atoms with Gasteiger partial charge < -0.3 is 19.7 Å². The quantitative estimate of drug-likeness (QED) is 0.379. The number of esters is 1. The minimum atomic E-state index is -1.19. The van der Waals surface area contributed by atoms with Crippen LogP contribution in [0.5, 0.6) is 0 Å². The molecule has 5 atom stereocenters. The van der Waals surface area contributed by atoms with Crippen molar-refractivity contribution in [1.82, 2.24) is 4.90 Å². The van der Waals surface area contributed by atoms with Crippen LogP contribution in [0.2, 0.25) is 0 Å². The smallest absolute Gasteiger partial charge is 0.352 e. The Labute approximate surface area is 151 Å². The molecule has 142 valence electrons. The molecule has 0 aromatic rings. The van der Waals surface area contributed by atoms with Gasteiger partial charge in [-0.1, -0.05) is 19.6 Å². The lowest BCUT2D eigenvalue weighted by Gasteiger charge is -2.47. The van der Waals surface area contributed by atoms with Crippen molar-refractivity contribution >= 4 is 17.8 Å². The van der Waals surface area contributed by atoms with Crippen molar-refractivity contribution in [1.29, 1.82) is 0 Å². The van der Waals surface area contributed by atoms with E-state index in [1.807, 2.05) is 0 Å². The Bertz CT molecular complexity index is 668. The third-order valence-corrected chi connectivity index (χ3v) is 5.46. The van der Waals surface area contributed by atoms with Crippen molar-refractivity contribution in [3.63, 3.8) is 0 Å².